The Balaban J connectivity index is 0.00000225. The first-order valence-electron chi connectivity index (χ1n) is 8.05. The summed E-state index contributed by atoms with van der Waals surface area (Å²) in [5.41, 5.74) is 0.726. The van der Waals surface area contributed by atoms with Crippen LogP contribution in [0.15, 0.2) is 35.7 Å². The molecule has 3 atom stereocenters. The third-order valence-electron chi connectivity index (χ3n) is 4.54. The molecule has 1 aliphatic rings. The second-order valence-electron chi connectivity index (χ2n) is 6.13. The van der Waals surface area contributed by atoms with Crippen molar-refractivity contribution < 1.29 is 13.6 Å². The number of thiophene rings is 1. The molecule has 7 heteroatoms. The van der Waals surface area contributed by atoms with Gasteiger partial charge in [-0.05, 0) is 49.0 Å². The Labute approximate surface area is 156 Å². The van der Waals surface area contributed by atoms with Crippen molar-refractivity contribution in [3.8, 4) is 0 Å². The summed E-state index contributed by atoms with van der Waals surface area (Å²) in [4.78, 5) is 13.6. The molecule has 0 radical (unpaired) electrons. The van der Waals surface area contributed by atoms with Crippen LogP contribution in [0.4, 0.5) is 8.78 Å². The quantitative estimate of drug-likeness (QED) is 0.838. The van der Waals surface area contributed by atoms with Gasteiger partial charge in [-0.15, -0.1) is 23.7 Å². The molecule has 2 N–H and O–H groups in total. The molecule has 0 aliphatic carbocycles. The fraction of sp³-hybridized carbons (Fsp3) is 0.389. The van der Waals surface area contributed by atoms with E-state index in [4.69, 9.17) is 0 Å². The molecule has 1 amide bonds. The number of hydrogen-bond donors (Lipinski definition) is 2. The summed E-state index contributed by atoms with van der Waals surface area (Å²) >= 11 is 1.55. The molecule has 0 saturated carbocycles. The van der Waals surface area contributed by atoms with Crippen molar-refractivity contribution in [1.29, 1.82) is 0 Å². The van der Waals surface area contributed by atoms with Gasteiger partial charge in [0.05, 0.1) is 5.92 Å². The van der Waals surface area contributed by atoms with Crippen molar-refractivity contribution in [3.05, 3.63) is 57.8 Å². The van der Waals surface area contributed by atoms with Crippen LogP contribution < -0.4 is 10.6 Å². The Hall–Kier alpha value is -1.50. The van der Waals surface area contributed by atoms with Crippen molar-refractivity contribution in [2.75, 3.05) is 13.1 Å². The molecule has 3 rings (SSSR count). The summed E-state index contributed by atoms with van der Waals surface area (Å²) in [7, 11) is 0. The molecule has 0 bridgehead atoms. The first-order valence-corrected chi connectivity index (χ1v) is 8.93. The molecular formula is C18H21ClF2N2OS. The summed E-state index contributed by atoms with van der Waals surface area (Å²) in [6.45, 7) is 3.28. The first-order chi connectivity index (χ1) is 11.6. The second-order valence-corrected chi connectivity index (χ2v) is 7.10. The highest BCUT2D eigenvalue weighted by Crippen LogP contribution is 2.28. The minimum Gasteiger partial charge on any atom is -0.351 e. The van der Waals surface area contributed by atoms with Gasteiger partial charge < -0.3 is 10.6 Å². The van der Waals surface area contributed by atoms with Gasteiger partial charge in [0.2, 0.25) is 5.91 Å². The van der Waals surface area contributed by atoms with E-state index in [-0.39, 0.29) is 36.2 Å². The standard InChI is InChI=1S/C18H20F2N2OS.ClH/c1-11(17-3-2-8-24-17)18(23)22-16-10-21-7-6-13(16)12-4-5-14(19)15(20)9-12;/h2-5,8-9,11,13,16,21H,6-7,10H2,1H3,(H,22,23);1H. The maximum atomic E-state index is 13.6. The zero-order chi connectivity index (χ0) is 17.1. The van der Waals surface area contributed by atoms with Crippen LogP contribution in [-0.2, 0) is 4.79 Å². The molecule has 1 fully saturated rings. The van der Waals surface area contributed by atoms with Crippen LogP contribution in [0.3, 0.4) is 0 Å². The summed E-state index contributed by atoms with van der Waals surface area (Å²) in [6.07, 6.45) is 0.767. The van der Waals surface area contributed by atoms with Crippen LogP contribution in [0.2, 0.25) is 0 Å². The number of rotatable bonds is 4. The van der Waals surface area contributed by atoms with E-state index in [0.29, 0.717) is 6.54 Å². The van der Waals surface area contributed by atoms with Gasteiger partial charge in [-0.25, -0.2) is 8.78 Å². The van der Waals surface area contributed by atoms with Crippen molar-refractivity contribution in [2.45, 2.75) is 31.2 Å². The van der Waals surface area contributed by atoms with Gasteiger partial charge in [0.1, 0.15) is 0 Å². The zero-order valence-electron chi connectivity index (χ0n) is 13.8. The lowest BCUT2D eigenvalue weighted by Gasteiger charge is -2.34. The number of amides is 1. The third-order valence-corrected chi connectivity index (χ3v) is 5.60. The average molecular weight is 387 g/mol. The van der Waals surface area contributed by atoms with E-state index in [1.807, 2.05) is 24.4 Å². The van der Waals surface area contributed by atoms with E-state index in [2.05, 4.69) is 10.6 Å². The zero-order valence-corrected chi connectivity index (χ0v) is 15.4. The highest BCUT2D eigenvalue weighted by molar-refractivity contribution is 7.10. The minimum absolute atomic E-state index is 0. The maximum Gasteiger partial charge on any atom is 0.228 e. The van der Waals surface area contributed by atoms with E-state index < -0.39 is 11.6 Å². The molecule has 3 unspecified atom stereocenters. The van der Waals surface area contributed by atoms with Crippen LogP contribution in [0, 0.1) is 11.6 Å². The van der Waals surface area contributed by atoms with Crippen LogP contribution >= 0.6 is 23.7 Å². The number of nitrogens with one attached hydrogen (secondary N) is 2. The van der Waals surface area contributed by atoms with Gasteiger partial charge in [0.25, 0.3) is 0 Å². The Morgan fingerprint density at radius 1 is 1.32 bits per heavy atom. The molecule has 0 spiro atoms. The highest BCUT2D eigenvalue weighted by atomic mass is 35.5. The lowest BCUT2D eigenvalue weighted by Crippen LogP contribution is -2.50. The summed E-state index contributed by atoms with van der Waals surface area (Å²) < 4.78 is 26.7. The SMILES string of the molecule is CC(C(=O)NC1CNCCC1c1ccc(F)c(F)c1)c1cccs1.Cl. The lowest BCUT2D eigenvalue weighted by molar-refractivity contribution is -0.123. The van der Waals surface area contributed by atoms with E-state index in [9.17, 15) is 13.6 Å². The number of carbonyl (C=O) groups excluding carboxylic acids is 1. The Kier molecular flexibility index (Phi) is 6.93. The molecule has 136 valence electrons. The van der Waals surface area contributed by atoms with Crippen LogP contribution in [0.25, 0.3) is 0 Å². The first kappa shape index (κ1) is 19.8. The van der Waals surface area contributed by atoms with Gasteiger partial charge in [-0.1, -0.05) is 12.1 Å². The number of piperidine rings is 1. The largest absolute Gasteiger partial charge is 0.351 e. The number of carbonyl (C=O) groups is 1. The van der Waals surface area contributed by atoms with Gasteiger partial charge in [0, 0.05) is 23.4 Å². The van der Waals surface area contributed by atoms with E-state index in [1.165, 1.54) is 6.07 Å². The molecule has 2 aromatic rings. The molecule has 1 aromatic heterocycles. The average Bonchev–Trinajstić information content (AvgIpc) is 3.11. The van der Waals surface area contributed by atoms with E-state index in [1.54, 1.807) is 17.4 Å². The second kappa shape index (κ2) is 8.74. The number of halogens is 3. The molecule has 1 aliphatic heterocycles. The Bertz CT molecular complexity index is 711. The number of benzene rings is 1. The monoisotopic (exact) mass is 386 g/mol. The van der Waals surface area contributed by atoms with Crippen LogP contribution in [-0.4, -0.2) is 25.0 Å². The molecular weight excluding hydrogens is 366 g/mol. The molecule has 1 aromatic carbocycles. The Morgan fingerprint density at radius 2 is 2.12 bits per heavy atom. The minimum atomic E-state index is -0.848. The van der Waals surface area contributed by atoms with Crippen molar-refractivity contribution in [2.24, 2.45) is 0 Å². The lowest BCUT2D eigenvalue weighted by atomic mass is 9.85. The molecule has 1 saturated heterocycles. The van der Waals surface area contributed by atoms with Crippen LogP contribution in [0.5, 0.6) is 0 Å². The topological polar surface area (TPSA) is 41.1 Å². The Morgan fingerprint density at radius 3 is 2.80 bits per heavy atom. The summed E-state index contributed by atoms with van der Waals surface area (Å²) in [5, 5.41) is 8.29. The molecule has 2 heterocycles. The predicted octanol–water partition coefficient (Wildman–Crippen LogP) is 3.81. The van der Waals surface area contributed by atoms with Gasteiger partial charge in [-0.2, -0.15) is 0 Å². The normalized spacial score (nSPS) is 21.2. The molecule has 25 heavy (non-hydrogen) atoms. The van der Waals surface area contributed by atoms with Gasteiger partial charge >= 0.3 is 0 Å². The van der Waals surface area contributed by atoms with E-state index in [0.717, 1.165) is 29.5 Å². The van der Waals surface area contributed by atoms with Crippen molar-refractivity contribution >= 4 is 29.7 Å². The third kappa shape index (κ3) is 4.57. The summed E-state index contributed by atoms with van der Waals surface area (Å²) in [5.74, 6) is -1.99. The maximum absolute atomic E-state index is 13.6. The van der Waals surface area contributed by atoms with Crippen molar-refractivity contribution in [1.82, 2.24) is 10.6 Å². The van der Waals surface area contributed by atoms with Crippen molar-refractivity contribution in [3.63, 3.8) is 0 Å². The van der Waals surface area contributed by atoms with Gasteiger partial charge in [0.15, 0.2) is 11.6 Å². The summed E-state index contributed by atoms with van der Waals surface area (Å²) in [6, 6.07) is 7.73. The van der Waals surface area contributed by atoms with E-state index >= 15 is 0 Å². The molecule has 3 nitrogen and oxygen atoms in total. The fourth-order valence-corrected chi connectivity index (χ4v) is 3.91. The highest BCUT2D eigenvalue weighted by Gasteiger charge is 2.30. The predicted molar refractivity (Wildman–Crippen MR) is 98.5 cm³/mol. The van der Waals surface area contributed by atoms with Crippen LogP contribution in [0.1, 0.15) is 35.6 Å². The number of hydrogen-bond acceptors (Lipinski definition) is 3. The smallest absolute Gasteiger partial charge is 0.228 e. The van der Waals surface area contributed by atoms with Gasteiger partial charge in [-0.3, -0.25) is 4.79 Å². The fourth-order valence-electron chi connectivity index (χ4n) is 3.13.